The molecule has 0 saturated carbocycles. The van der Waals surface area contributed by atoms with E-state index in [2.05, 4.69) is 40.9 Å². The minimum absolute atomic E-state index is 0.0545. The van der Waals surface area contributed by atoms with Gasteiger partial charge in [-0.2, -0.15) is 50.1 Å². The zero-order chi connectivity index (χ0) is 103. The number of halogens is 4. The van der Waals surface area contributed by atoms with Crippen molar-refractivity contribution in [3.63, 3.8) is 0 Å². The van der Waals surface area contributed by atoms with Crippen molar-refractivity contribution in [3.05, 3.63) is 271 Å². The molecule has 726 valence electrons. The van der Waals surface area contributed by atoms with Gasteiger partial charge in [0.05, 0.1) is 89.6 Å². The third kappa shape index (κ3) is 28.2. The van der Waals surface area contributed by atoms with E-state index >= 15 is 0 Å². The van der Waals surface area contributed by atoms with Gasteiger partial charge in [0.2, 0.25) is 0 Å². The summed E-state index contributed by atoms with van der Waals surface area (Å²) in [5.74, 6) is -2.50. The quantitative estimate of drug-likeness (QED) is 0.0468. The predicted molar refractivity (Wildman–Crippen MR) is 496 cm³/mol. The number of para-hydroxylation sites is 1. The molecular formula is C92H95F4N23O20. The number of fused-ring (bicyclic) bond motifs is 3. The van der Waals surface area contributed by atoms with Crippen LogP contribution in [0.2, 0.25) is 0 Å². The maximum atomic E-state index is 13.4. The molecule has 13 aromatic rings. The van der Waals surface area contributed by atoms with E-state index in [9.17, 15) is 81.5 Å². The van der Waals surface area contributed by atoms with Crippen LogP contribution < -0.4 is 31.3 Å². The second-order valence-corrected chi connectivity index (χ2v) is 35.6. The van der Waals surface area contributed by atoms with Crippen molar-refractivity contribution in [1.29, 1.82) is 10.5 Å². The third-order valence-corrected chi connectivity index (χ3v) is 17.4. The van der Waals surface area contributed by atoms with Gasteiger partial charge in [-0.05, 0) is 222 Å². The van der Waals surface area contributed by atoms with Crippen LogP contribution in [0.1, 0.15) is 152 Å². The van der Waals surface area contributed by atoms with Crippen LogP contribution in [0, 0.1) is 83.2 Å². The number of carbonyl (C=O) groups excluding carboxylic acids is 7. The number of aromatic nitrogens is 12. The van der Waals surface area contributed by atoms with Gasteiger partial charge in [-0.1, -0.05) is 60.7 Å². The first kappa shape index (κ1) is 105. The van der Waals surface area contributed by atoms with Crippen molar-refractivity contribution in [1.82, 2.24) is 58.7 Å². The third-order valence-electron chi connectivity index (χ3n) is 17.4. The van der Waals surface area contributed by atoms with Crippen LogP contribution in [-0.4, -0.2) is 156 Å². The number of nitrogens with one attached hydrogen (secondary N) is 1. The van der Waals surface area contributed by atoms with Crippen LogP contribution in [0.4, 0.5) is 91.2 Å². The molecule has 14 rings (SSSR count). The van der Waals surface area contributed by atoms with Crippen molar-refractivity contribution in [2.24, 2.45) is 10.7 Å². The Labute approximate surface area is 789 Å². The van der Waals surface area contributed by atoms with Gasteiger partial charge in [0.1, 0.15) is 129 Å². The number of carbonyl (C=O) groups is 7. The van der Waals surface area contributed by atoms with E-state index in [0.29, 0.717) is 45.0 Å². The summed E-state index contributed by atoms with van der Waals surface area (Å²) in [5, 5.41) is 76.8. The number of nitriles is 2. The maximum absolute atomic E-state index is 13.4. The molecular weight excluding hydrogens is 1820 g/mol. The minimum atomic E-state index is -1.12. The van der Waals surface area contributed by atoms with E-state index in [0.717, 1.165) is 73.7 Å². The average molecular weight is 1920 g/mol. The van der Waals surface area contributed by atoms with E-state index in [1.165, 1.54) is 75.1 Å². The summed E-state index contributed by atoms with van der Waals surface area (Å²) < 4.78 is 96.5. The van der Waals surface area contributed by atoms with Gasteiger partial charge in [0, 0.05) is 5.56 Å². The highest BCUT2D eigenvalue weighted by Gasteiger charge is 2.41. The van der Waals surface area contributed by atoms with E-state index in [4.69, 9.17) is 55.1 Å². The fourth-order valence-electron chi connectivity index (χ4n) is 12.0. The molecule has 43 nitrogen and oxygen atoms in total. The summed E-state index contributed by atoms with van der Waals surface area (Å²) in [6, 6.07) is 38.6. The number of aliphatic imine (C=N–C) groups is 1. The molecule has 7 heterocycles. The number of benzene rings is 7. The maximum Gasteiger partial charge on any atom is 0.435 e. The van der Waals surface area contributed by atoms with Crippen LogP contribution in [0.5, 0.6) is 5.75 Å². The summed E-state index contributed by atoms with van der Waals surface area (Å²) in [6.07, 6.45) is 3.18. The molecule has 0 fully saturated rings. The molecule has 7 aromatic carbocycles. The van der Waals surface area contributed by atoms with Gasteiger partial charge in [0.15, 0.2) is 11.6 Å². The van der Waals surface area contributed by atoms with Crippen molar-refractivity contribution in [3.8, 4) is 40.6 Å². The molecule has 0 atom stereocenters. The molecule has 0 unspecified atom stereocenters. The first-order chi connectivity index (χ1) is 64.8. The molecule has 5 N–H and O–H groups in total. The van der Waals surface area contributed by atoms with Crippen molar-refractivity contribution >= 4 is 110 Å². The van der Waals surface area contributed by atoms with Crippen molar-refractivity contribution < 1.29 is 99.1 Å². The Morgan fingerprint density at radius 3 is 1.18 bits per heavy atom. The number of nitrogens with zero attached hydrogens (tertiary/aromatic N) is 20. The minimum Gasteiger partial charge on any atom is -0.443 e. The lowest BCUT2D eigenvalue weighted by molar-refractivity contribution is -0.385. The number of amides is 5. The number of nitro groups is 3. The number of imide groups is 2. The Bertz CT molecular complexity index is 6870. The number of hydrogen-bond acceptors (Lipinski definition) is 31. The Morgan fingerprint density at radius 2 is 0.799 bits per heavy atom. The standard InChI is InChI=1S/C25H32N6O8.C25H34N6O6.C14H12FNO2.C11H9N5O2.C10H5FN4O2.C7H3F2N/c1-23(2,3)37-20(32)29(21(33)38-24(4,5)6)19-18-16(28-14-15(13-26-28)31(35)36)11-10-12-17(18)30(27-19)22(34)39-25(7,8)9;1-23(2,3)35-20(32)30(21(33)36-24(4,5)6)19-18-16(29-14-15(26)13-27-29)11-10-12-17(18)31(28-19)22(34)37-25(7,8)9;1-10-7-8-12(15)13(9-10)16-14(17)18-11-5-3-2-4-6-11;12-11-10-7(4-13-11)2-1-3-9(10)15-6-8(5-14-15)16(17)18;11-9-2-1-3-10(8(9)4-12)14-6-7(5-13-14)15(16)17;8-6-2-1-3-7(9)5(6)4-10/h10-14H,1-9H3;10-14H,26H2,1-9H3;2-9H,1H3,(H,16,17);1-3,5-6H,4H2,(H2,12,13);1-3,5-6H;1-3H. The highest BCUT2D eigenvalue weighted by molar-refractivity contribution is 6.17. The summed E-state index contributed by atoms with van der Waals surface area (Å²) >= 11 is 0. The lowest BCUT2D eigenvalue weighted by Crippen LogP contribution is -2.44. The number of amidine groups is 1. The van der Waals surface area contributed by atoms with Crippen LogP contribution in [0.3, 0.4) is 0 Å². The fourth-order valence-corrected chi connectivity index (χ4v) is 12.0. The zero-order valence-electron chi connectivity index (χ0n) is 78.4. The lowest BCUT2D eigenvalue weighted by atomic mass is 10.1. The van der Waals surface area contributed by atoms with Gasteiger partial charge >= 0.3 is 59.7 Å². The van der Waals surface area contributed by atoms with E-state index < -0.39 is 120 Å². The monoisotopic (exact) mass is 1920 g/mol. The second kappa shape index (κ2) is 43.0. The number of hydrogen-bond donors (Lipinski definition) is 3. The van der Waals surface area contributed by atoms with Crippen LogP contribution in [0.25, 0.3) is 44.6 Å². The fraction of sp³-hybridized carbons (Fsp3) is 0.283. The molecule has 6 aromatic heterocycles. The van der Waals surface area contributed by atoms with Crippen molar-refractivity contribution in [2.45, 2.75) is 172 Å². The summed E-state index contributed by atoms with van der Waals surface area (Å²) in [7, 11) is 0. The van der Waals surface area contributed by atoms with Gasteiger partial charge < -0.3 is 44.6 Å². The average Bonchev–Trinajstić information content (AvgIpc) is 1.60. The Morgan fingerprint density at radius 1 is 0.439 bits per heavy atom. The Hall–Kier alpha value is -17.8. The molecule has 0 bridgehead atoms. The normalized spacial score (nSPS) is 11.6. The highest BCUT2D eigenvalue weighted by atomic mass is 19.1. The SMILES string of the molecule is CC(C)(C)OC(=O)N(C(=O)OC(C)(C)C)c1nn(C(=O)OC(C)(C)C)c2cccc(-n3cc(N)cn3)c12.CC(C)(C)OC(=O)N(C(=O)OC(C)(C)C)c1nn(C(=O)OC(C)(C)C)c2cccc(-n3cc([N+](=O)[O-])cn3)c12.Cc1ccc(F)c(NC(=O)Oc2ccccc2)c1.N#Cc1c(F)cccc1-n1cc([N+](=O)[O-])cn1.N#Cc1c(F)cccc1F.NC1=NCc2cccc(-n3cc([N+](=O)[O-])cn3)c21. The Kier molecular flexibility index (Phi) is 32.5. The number of nitrogens with two attached hydrogens (primary N) is 2. The lowest BCUT2D eigenvalue weighted by Gasteiger charge is -2.27. The highest BCUT2D eigenvalue weighted by Crippen LogP contribution is 2.38. The van der Waals surface area contributed by atoms with Crippen LogP contribution >= 0.6 is 0 Å². The number of ether oxygens (including phenoxy) is 7. The first-order valence-electron chi connectivity index (χ1n) is 41.5. The smallest absolute Gasteiger partial charge is 0.435 e. The van der Waals surface area contributed by atoms with Crippen LogP contribution in [0.15, 0.2) is 194 Å². The number of nitrogen functional groups attached to an aromatic ring is 1. The van der Waals surface area contributed by atoms with Gasteiger partial charge in [-0.3, -0.25) is 40.7 Å². The first-order valence-corrected chi connectivity index (χ1v) is 41.5. The van der Waals surface area contributed by atoms with E-state index in [1.54, 1.807) is 198 Å². The molecule has 0 radical (unpaired) electrons. The molecule has 1 aliphatic rings. The number of aryl methyl sites for hydroxylation is 1. The number of anilines is 4. The summed E-state index contributed by atoms with van der Waals surface area (Å²) in [6.45, 7) is 32.1. The number of rotatable bonds is 11. The summed E-state index contributed by atoms with van der Waals surface area (Å²) in [5.41, 5.74) is 9.76. The van der Waals surface area contributed by atoms with Gasteiger partial charge in [-0.15, -0.1) is 10.2 Å². The van der Waals surface area contributed by atoms with E-state index in [1.807, 2.05) is 31.2 Å². The molecule has 47 heteroatoms. The van der Waals surface area contributed by atoms with Gasteiger partial charge in [-0.25, -0.2) is 69.9 Å². The summed E-state index contributed by atoms with van der Waals surface area (Å²) in [4.78, 5) is 128. The zero-order valence-corrected chi connectivity index (χ0v) is 78.4. The van der Waals surface area contributed by atoms with Crippen LogP contribution in [-0.2, 0) is 35.0 Å². The second-order valence-electron chi connectivity index (χ2n) is 35.6. The molecule has 0 aliphatic carbocycles. The van der Waals surface area contributed by atoms with E-state index in [-0.39, 0.29) is 73.1 Å². The largest absolute Gasteiger partial charge is 0.443 e. The molecule has 139 heavy (non-hydrogen) atoms. The molecule has 0 spiro atoms. The molecule has 5 amide bonds. The molecule has 1 aliphatic heterocycles. The Balaban J connectivity index is 0.000000197. The molecule has 0 saturated heterocycles. The topological polar surface area (TPSA) is 551 Å². The predicted octanol–water partition coefficient (Wildman–Crippen LogP) is 19.2. The van der Waals surface area contributed by atoms with Gasteiger partial charge in [0.25, 0.3) is 0 Å². The van der Waals surface area contributed by atoms with Crippen molar-refractivity contribution in [2.75, 3.05) is 20.9 Å².